The van der Waals surface area contributed by atoms with E-state index in [2.05, 4.69) is 4.98 Å². The highest BCUT2D eigenvalue weighted by Gasteiger charge is 2.27. The van der Waals surface area contributed by atoms with Crippen LogP contribution in [0.15, 0.2) is 18.2 Å². The molecule has 0 N–H and O–H groups in total. The second-order valence-corrected chi connectivity index (χ2v) is 6.42. The first-order valence-electron chi connectivity index (χ1n) is 8.78. The van der Waals surface area contributed by atoms with Crippen molar-refractivity contribution in [2.75, 3.05) is 21.3 Å². The lowest BCUT2D eigenvalue weighted by atomic mass is 9.92. The fraction of sp³-hybridized carbons (Fsp3) is 0.381. The first-order valence-corrected chi connectivity index (χ1v) is 8.78. The van der Waals surface area contributed by atoms with Crippen molar-refractivity contribution in [1.82, 2.24) is 4.98 Å². The summed E-state index contributed by atoms with van der Waals surface area (Å²) in [7, 11) is 4.09. The maximum atomic E-state index is 12.5. The molecule has 7 nitrogen and oxygen atoms in total. The van der Waals surface area contributed by atoms with Crippen molar-refractivity contribution < 1.29 is 28.5 Å². The molecule has 0 spiro atoms. The topological polar surface area (TPSA) is 84.0 Å². The van der Waals surface area contributed by atoms with E-state index in [0.29, 0.717) is 34.0 Å². The van der Waals surface area contributed by atoms with E-state index in [0.717, 1.165) is 0 Å². The zero-order chi connectivity index (χ0) is 21.0. The summed E-state index contributed by atoms with van der Waals surface area (Å²) in [5.41, 5.74) is 2.28. The van der Waals surface area contributed by atoms with E-state index in [1.165, 1.54) is 21.3 Å². The average Bonchev–Trinajstić information content (AvgIpc) is 2.66. The SMILES string of the molecule is COC(=O)c1c(C)nc(C)c(C(=O)OC)c1-c1ccc(OC(C)C)c(OC)c1. The van der Waals surface area contributed by atoms with Crippen LogP contribution >= 0.6 is 0 Å². The predicted octanol–water partition coefficient (Wildman–Crippen LogP) is 3.73. The number of esters is 2. The summed E-state index contributed by atoms with van der Waals surface area (Å²) in [6.45, 7) is 7.20. The number of ether oxygens (including phenoxy) is 4. The van der Waals surface area contributed by atoms with Crippen molar-refractivity contribution in [1.29, 1.82) is 0 Å². The van der Waals surface area contributed by atoms with Gasteiger partial charge in [-0.1, -0.05) is 6.07 Å². The molecule has 1 aromatic heterocycles. The Labute approximate surface area is 164 Å². The molecule has 28 heavy (non-hydrogen) atoms. The van der Waals surface area contributed by atoms with E-state index in [1.54, 1.807) is 32.0 Å². The summed E-state index contributed by atoms with van der Waals surface area (Å²) < 4.78 is 21.1. The lowest BCUT2D eigenvalue weighted by Crippen LogP contribution is -2.16. The molecule has 7 heteroatoms. The molecule has 0 radical (unpaired) electrons. The summed E-state index contributed by atoms with van der Waals surface area (Å²) in [4.78, 5) is 29.3. The van der Waals surface area contributed by atoms with Crippen LogP contribution in [0.25, 0.3) is 11.1 Å². The number of aryl methyl sites for hydroxylation is 2. The molecule has 1 aromatic carbocycles. The molecule has 1 heterocycles. The van der Waals surface area contributed by atoms with Gasteiger partial charge in [0.05, 0.1) is 49.9 Å². The summed E-state index contributed by atoms with van der Waals surface area (Å²) in [5, 5.41) is 0. The minimum atomic E-state index is -0.591. The van der Waals surface area contributed by atoms with Gasteiger partial charge in [0.1, 0.15) is 0 Å². The van der Waals surface area contributed by atoms with E-state index in [1.807, 2.05) is 13.8 Å². The molecule has 2 aromatic rings. The molecule has 0 aliphatic heterocycles. The van der Waals surface area contributed by atoms with Crippen molar-refractivity contribution in [2.24, 2.45) is 0 Å². The van der Waals surface area contributed by atoms with Gasteiger partial charge in [-0.05, 0) is 45.4 Å². The quantitative estimate of drug-likeness (QED) is 0.698. The summed E-state index contributed by atoms with van der Waals surface area (Å²) in [6, 6.07) is 5.21. The summed E-state index contributed by atoms with van der Waals surface area (Å²) >= 11 is 0. The van der Waals surface area contributed by atoms with Crippen molar-refractivity contribution in [2.45, 2.75) is 33.8 Å². The lowest BCUT2D eigenvalue weighted by molar-refractivity contribution is 0.0599. The molecule has 0 bridgehead atoms. The van der Waals surface area contributed by atoms with Crippen LogP contribution in [0.5, 0.6) is 11.5 Å². The van der Waals surface area contributed by atoms with Crippen LogP contribution in [0.2, 0.25) is 0 Å². The monoisotopic (exact) mass is 387 g/mol. The molecule has 0 saturated heterocycles. The third kappa shape index (κ3) is 4.08. The Morgan fingerprint density at radius 1 is 0.893 bits per heavy atom. The average molecular weight is 387 g/mol. The number of carbonyl (C=O) groups excluding carboxylic acids is 2. The van der Waals surface area contributed by atoms with E-state index < -0.39 is 11.9 Å². The number of pyridine rings is 1. The number of hydrogen-bond donors (Lipinski definition) is 0. The van der Waals surface area contributed by atoms with Crippen molar-refractivity contribution in [3.63, 3.8) is 0 Å². The van der Waals surface area contributed by atoms with Crippen LogP contribution in [0.3, 0.4) is 0 Å². The molecular weight excluding hydrogens is 362 g/mol. The molecule has 0 aliphatic rings. The van der Waals surface area contributed by atoms with Gasteiger partial charge in [0.15, 0.2) is 11.5 Å². The van der Waals surface area contributed by atoms with Crippen molar-refractivity contribution >= 4 is 11.9 Å². The number of hydrogen-bond acceptors (Lipinski definition) is 7. The maximum absolute atomic E-state index is 12.5. The van der Waals surface area contributed by atoms with Crippen LogP contribution in [0, 0.1) is 13.8 Å². The Kier molecular flexibility index (Phi) is 6.62. The zero-order valence-electron chi connectivity index (χ0n) is 17.2. The van der Waals surface area contributed by atoms with Gasteiger partial charge in [-0.3, -0.25) is 4.98 Å². The zero-order valence-corrected chi connectivity index (χ0v) is 17.2. The normalized spacial score (nSPS) is 10.6. The summed E-state index contributed by atoms with van der Waals surface area (Å²) in [5.74, 6) is -0.147. The smallest absolute Gasteiger partial charge is 0.340 e. The molecule has 0 aliphatic carbocycles. The van der Waals surface area contributed by atoms with Crippen molar-refractivity contribution in [3.8, 4) is 22.6 Å². The Hall–Kier alpha value is -3.09. The number of aromatic nitrogens is 1. The van der Waals surface area contributed by atoms with Gasteiger partial charge >= 0.3 is 11.9 Å². The molecule has 0 amide bonds. The van der Waals surface area contributed by atoms with Gasteiger partial charge < -0.3 is 18.9 Å². The molecular formula is C21H25NO6. The van der Waals surface area contributed by atoms with Crippen molar-refractivity contribution in [3.05, 3.63) is 40.7 Å². The third-order valence-electron chi connectivity index (χ3n) is 4.15. The Balaban J connectivity index is 2.85. The fourth-order valence-corrected chi connectivity index (χ4v) is 3.02. The second-order valence-electron chi connectivity index (χ2n) is 6.42. The Bertz CT molecular complexity index is 864. The molecule has 0 unspecified atom stereocenters. The molecule has 2 rings (SSSR count). The fourth-order valence-electron chi connectivity index (χ4n) is 3.02. The van der Waals surface area contributed by atoms with Crippen LogP contribution in [0.4, 0.5) is 0 Å². The standard InChI is InChI=1S/C21H25NO6/c1-11(2)28-15-9-8-14(10-16(15)25-5)19-17(20(23)26-6)12(3)22-13(4)18(19)21(24)27-7/h8-11H,1-7H3. The van der Waals surface area contributed by atoms with Gasteiger partial charge in [0.2, 0.25) is 0 Å². The van der Waals surface area contributed by atoms with Crippen LogP contribution < -0.4 is 9.47 Å². The Morgan fingerprint density at radius 3 is 1.86 bits per heavy atom. The van der Waals surface area contributed by atoms with Gasteiger partial charge in [0.25, 0.3) is 0 Å². The lowest BCUT2D eigenvalue weighted by Gasteiger charge is -2.19. The number of rotatable bonds is 6. The highest BCUT2D eigenvalue weighted by atomic mass is 16.5. The van der Waals surface area contributed by atoms with E-state index in [4.69, 9.17) is 18.9 Å². The van der Waals surface area contributed by atoms with E-state index in [9.17, 15) is 9.59 Å². The first-order chi connectivity index (χ1) is 13.2. The Morgan fingerprint density at radius 2 is 1.43 bits per heavy atom. The maximum Gasteiger partial charge on any atom is 0.340 e. The summed E-state index contributed by atoms with van der Waals surface area (Å²) in [6.07, 6.45) is -0.0403. The minimum absolute atomic E-state index is 0.0403. The van der Waals surface area contributed by atoms with Gasteiger partial charge in [-0.2, -0.15) is 0 Å². The van der Waals surface area contributed by atoms with Crippen LogP contribution in [0.1, 0.15) is 46.0 Å². The number of nitrogens with zero attached hydrogens (tertiary/aromatic N) is 1. The molecule has 0 fully saturated rings. The van der Waals surface area contributed by atoms with Gasteiger partial charge in [0, 0.05) is 5.56 Å². The largest absolute Gasteiger partial charge is 0.493 e. The highest BCUT2D eigenvalue weighted by molar-refractivity contribution is 6.07. The number of carbonyl (C=O) groups is 2. The third-order valence-corrected chi connectivity index (χ3v) is 4.15. The van der Waals surface area contributed by atoms with Gasteiger partial charge in [-0.25, -0.2) is 9.59 Å². The molecule has 0 atom stereocenters. The molecule has 150 valence electrons. The predicted molar refractivity (Wildman–Crippen MR) is 104 cm³/mol. The number of methoxy groups -OCH3 is 3. The number of benzene rings is 1. The van der Waals surface area contributed by atoms with Crippen LogP contribution in [-0.4, -0.2) is 44.4 Å². The first kappa shape index (κ1) is 21.2. The molecule has 0 saturated carbocycles. The van der Waals surface area contributed by atoms with E-state index in [-0.39, 0.29) is 17.2 Å². The second kappa shape index (κ2) is 8.73. The highest BCUT2D eigenvalue weighted by Crippen LogP contribution is 2.38. The van der Waals surface area contributed by atoms with Gasteiger partial charge in [-0.15, -0.1) is 0 Å². The van der Waals surface area contributed by atoms with Crippen LogP contribution in [-0.2, 0) is 9.47 Å². The van der Waals surface area contributed by atoms with E-state index >= 15 is 0 Å². The minimum Gasteiger partial charge on any atom is -0.493 e.